The third-order valence-corrected chi connectivity index (χ3v) is 3.90. The number of benzene rings is 2. The van der Waals surface area contributed by atoms with Crippen molar-refractivity contribution in [3.63, 3.8) is 0 Å². The van der Waals surface area contributed by atoms with E-state index in [-0.39, 0.29) is 18.1 Å². The van der Waals surface area contributed by atoms with Crippen molar-refractivity contribution in [1.29, 1.82) is 0 Å². The maximum absolute atomic E-state index is 12.6. The Bertz CT molecular complexity index is 884. The topological polar surface area (TPSA) is 87.8 Å². The van der Waals surface area contributed by atoms with Gasteiger partial charge < -0.3 is 19.9 Å². The molecule has 0 fully saturated rings. The average molecular weight is 353 g/mol. The second-order valence-electron chi connectivity index (χ2n) is 5.76. The van der Waals surface area contributed by atoms with Crippen LogP contribution in [0.5, 0.6) is 17.2 Å². The van der Waals surface area contributed by atoms with Gasteiger partial charge in [-0.25, -0.2) is 0 Å². The Hall–Kier alpha value is -3.28. The van der Waals surface area contributed by atoms with E-state index >= 15 is 0 Å². The molecule has 1 aliphatic heterocycles. The van der Waals surface area contributed by atoms with Crippen molar-refractivity contribution >= 4 is 17.8 Å². The van der Waals surface area contributed by atoms with E-state index in [0.717, 1.165) is 11.3 Å². The molecule has 0 aromatic heterocycles. The fourth-order valence-corrected chi connectivity index (χ4v) is 2.65. The summed E-state index contributed by atoms with van der Waals surface area (Å²) in [7, 11) is 0. The van der Waals surface area contributed by atoms with Crippen LogP contribution >= 0.6 is 0 Å². The Morgan fingerprint density at radius 2 is 1.88 bits per heavy atom. The lowest BCUT2D eigenvalue weighted by atomic mass is 10.1. The number of fused-ring (bicyclic) bond motifs is 1. The monoisotopic (exact) mass is 353 g/mol. The van der Waals surface area contributed by atoms with Gasteiger partial charge in [0.1, 0.15) is 17.2 Å². The van der Waals surface area contributed by atoms with Crippen LogP contribution in [-0.4, -0.2) is 24.9 Å². The molecule has 3 rings (SSSR count). The van der Waals surface area contributed by atoms with Crippen LogP contribution in [0, 0.1) is 6.92 Å². The third kappa shape index (κ3) is 3.54. The van der Waals surface area contributed by atoms with Crippen molar-refractivity contribution in [3.8, 4) is 17.2 Å². The minimum Gasteiger partial charge on any atom is -0.494 e. The maximum Gasteiger partial charge on any atom is 0.255 e. The Labute approximate surface area is 151 Å². The van der Waals surface area contributed by atoms with Gasteiger partial charge in [0.15, 0.2) is 12.4 Å². The van der Waals surface area contributed by atoms with Gasteiger partial charge in [0, 0.05) is 5.56 Å². The smallest absolute Gasteiger partial charge is 0.255 e. The molecule has 0 aliphatic carbocycles. The highest BCUT2D eigenvalue weighted by atomic mass is 16.5. The summed E-state index contributed by atoms with van der Waals surface area (Å²) in [6.45, 7) is 4.05. The van der Waals surface area contributed by atoms with E-state index in [1.165, 1.54) is 0 Å². The summed E-state index contributed by atoms with van der Waals surface area (Å²) in [5.41, 5.74) is 7.03. The van der Waals surface area contributed by atoms with E-state index < -0.39 is 5.91 Å². The van der Waals surface area contributed by atoms with Crippen LogP contribution in [0.1, 0.15) is 28.4 Å². The van der Waals surface area contributed by atoms with Gasteiger partial charge in [-0.1, -0.05) is 12.1 Å². The molecule has 0 atom stereocenters. The fraction of sp³-hybridized carbons (Fsp3) is 0.200. The number of hydrogen-bond donors (Lipinski definition) is 1. The van der Waals surface area contributed by atoms with E-state index in [1.807, 2.05) is 31.2 Å². The predicted molar refractivity (Wildman–Crippen MR) is 96.4 cm³/mol. The van der Waals surface area contributed by atoms with Crippen LogP contribution in [0.2, 0.25) is 0 Å². The first kappa shape index (κ1) is 17.5. The van der Waals surface area contributed by atoms with Crippen LogP contribution in [-0.2, 0) is 4.79 Å². The molecule has 0 unspecified atom stereocenters. The lowest BCUT2D eigenvalue weighted by molar-refractivity contribution is -0.119. The number of carbonyl (C=O) groups excluding carboxylic acids is 2. The maximum atomic E-state index is 12.6. The summed E-state index contributed by atoms with van der Waals surface area (Å²) >= 11 is 0. The number of ether oxygens (including phenoxy) is 3. The highest BCUT2D eigenvalue weighted by molar-refractivity contribution is 6.15. The van der Waals surface area contributed by atoms with E-state index in [1.54, 1.807) is 25.1 Å². The first-order chi connectivity index (χ1) is 12.5. The standard InChI is InChI=1S/C20H19NO5/c1-3-24-14-6-4-13(5-7-14)10-17-19(23)15-8-9-16(25-11-18(21)22)12(2)20(15)26-17/h4-10H,3,11H2,1-2H3,(H2,21,22)/b17-10-. The molecular weight excluding hydrogens is 334 g/mol. The van der Waals surface area contributed by atoms with Crippen LogP contribution < -0.4 is 19.9 Å². The number of carbonyl (C=O) groups is 2. The Kier molecular flexibility index (Phi) is 4.93. The van der Waals surface area contributed by atoms with Crippen LogP contribution in [0.3, 0.4) is 0 Å². The minimum absolute atomic E-state index is 0.196. The zero-order valence-corrected chi connectivity index (χ0v) is 14.6. The molecule has 0 spiro atoms. The summed E-state index contributed by atoms with van der Waals surface area (Å²) in [6.07, 6.45) is 1.68. The molecule has 0 bridgehead atoms. The normalized spacial score (nSPS) is 14.1. The molecule has 0 saturated carbocycles. The number of nitrogens with two attached hydrogens (primary N) is 1. The van der Waals surface area contributed by atoms with Crippen LogP contribution in [0.4, 0.5) is 0 Å². The highest BCUT2D eigenvalue weighted by Crippen LogP contribution is 2.39. The average Bonchev–Trinajstić information content (AvgIpc) is 2.93. The molecule has 0 saturated heterocycles. The second-order valence-corrected chi connectivity index (χ2v) is 5.76. The number of ketones is 1. The summed E-state index contributed by atoms with van der Waals surface area (Å²) in [5, 5.41) is 0. The van der Waals surface area contributed by atoms with Crippen molar-refractivity contribution in [2.45, 2.75) is 13.8 Å². The first-order valence-electron chi connectivity index (χ1n) is 8.21. The molecule has 2 aromatic carbocycles. The second kappa shape index (κ2) is 7.31. The zero-order chi connectivity index (χ0) is 18.7. The number of Topliss-reactive ketones (excluding diaryl/α,β-unsaturated/α-hetero) is 1. The number of rotatable bonds is 6. The zero-order valence-electron chi connectivity index (χ0n) is 14.6. The van der Waals surface area contributed by atoms with Gasteiger partial charge in [0.25, 0.3) is 5.91 Å². The highest BCUT2D eigenvalue weighted by Gasteiger charge is 2.30. The van der Waals surface area contributed by atoms with Gasteiger partial charge in [-0.3, -0.25) is 9.59 Å². The SMILES string of the molecule is CCOc1ccc(/C=C2\Oc3c(ccc(OCC(N)=O)c3C)C2=O)cc1. The van der Waals surface area contributed by atoms with Crippen molar-refractivity contribution in [1.82, 2.24) is 0 Å². The molecule has 6 nitrogen and oxygen atoms in total. The van der Waals surface area contributed by atoms with Crippen LogP contribution in [0.15, 0.2) is 42.2 Å². The van der Waals surface area contributed by atoms with E-state index in [4.69, 9.17) is 19.9 Å². The fourth-order valence-electron chi connectivity index (χ4n) is 2.65. The van der Waals surface area contributed by atoms with Crippen molar-refractivity contribution in [3.05, 3.63) is 58.8 Å². The van der Waals surface area contributed by atoms with E-state index in [9.17, 15) is 9.59 Å². The molecule has 2 N–H and O–H groups in total. The molecular formula is C20H19NO5. The lowest BCUT2D eigenvalue weighted by Crippen LogP contribution is -2.20. The molecule has 6 heteroatoms. The third-order valence-electron chi connectivity index (χ3n) is 3.90. The molecule has 1 amide bonds. The minimum atomic E-state index is -0.571. The van der Waals surface area contributed by atoms with Gasteiger partial charge in [-0.15, -0.1) is 0 Å². The van der Waals surface area contributed by atoms with Gasteiger partial charge in [0.2, 0.25) is 5.78 Å². The van der Waals surface area contributed by atoms with Crippen molar-refractivity contribution in [2.75, 3.05) is 13.2 Å². The predicted octanol–water partition coefficient (Wildman–Crippen LogP) is 2.87. The van der Waals surface area contributed by atoms with Crippen LogP contribution in [0.25, 0.3) is 6.08 Å². The first-order valence-corrected chi connectivity index (χ1v) is 8.21. The lowest BCUT2D eigenvalue weighted by Gasteiger charge is -2.09. The Morgan fingerprint density at radius 1 is 1.15 bits per heavy atom. The number of hydrogen-bond acceptors (Lipinski definition) is 5. The summed E-state index contributed by atoms with van der Waals surface area (Å²) < 4.78 is 16.5. The molecule has 26 heavy (non-hydrogen) atoms. The summed E-state index contributed by atoms with van der Waals surface area (Å²) in [4.78, 5) is 23.5. The number of primary amides is 1. The molecule has 1 aliphatic rings. The Morgan fingerprint density at radius 3 is 2.54 bits per heavy atom. The largest absolute Gasteiger partial charge is 0.494 e. The molecule has 2 aromatic rings. The molecule has 1 heterocycles. The number of amides is 1. The van der Waals surface area contributed by atoms with E-state index in [0.29, 0.717) is 29.2 Å². The van der Waals surface area contributed by atoms with E-state index in [2.05, 4.69) is 0 Å². The van der Waals surface area contributed by atoms with Gasteiger partial charge in [-0.05, 0) is 49.8 Å². The van der Waals surface area contributed by atoms with Gasteiger partial charge >= 0.3 is 0 Å². The summed E-state index contributed by atoms with van der Waals surface area (Å²) in [5.74, 6) is 1.13. The summed E-state index contributed by atoms with van der Waals surface area (Å²) in [6, 6.07) is 10.6. The van der Waals surface area contributed by atoms with Crippen molar-refractivity contribution < 1.29 is 23.8 Å². The molecule has 134 valence electrons. The van der Waals surface area contributed by atoms with Gasteiger partial charge in [0.05, 0.1) is 12.2 Å². The quantitative estimate of drug-likeness (QED) is 0.807. The number of allylic oxidation sites excluding steroid dienone is 1. The van der Waals surface area contributed by atoms with Gasteiger partial charge in [-0.2, -0.15) is 0 Å². The van der Waals surface area contributed by atoms with Crippen molar-refractivity contribution in [2.24, 2.45) is 5.73 Å². The molecule has 0 radical (unpaired) electrons. The Balaban J connectivity index is 1.84.